The second kappa shape index (κ2) is 6.76. The Labute approximate surface area is 117 Å². The first-order valence-corrected chi connectivity index (χ1v) is 6.55. The zero-order valence-electron chi connectivity index (χ0n) is 11.6. The van der Waals surface area contributed by atoms with Gasteiger partial charge in [-0.25, -0.2) is 4.68 Å². The van der Waals surface area contributed by atoms with Gasteiger partial charge in [0.2, 0.25) is 5.91 Å². The molecular formula is C13H18N6O. The lowest BCUT2D eigenvalue weighted by atomic mass is 10.2. The normalized spacial score (nSPS) is 10.5. The highest BCUT2D eigenvalue weighted by Crippen LogP contribution is 2.20. The maximum absolute atomic E-state index is 11.7. The molecule has 0 fully saturated rings. The smallest absolute Gasteiger partial charge is 0.225 e. The molecule has 0 aliphatic rings. The van der Waals surface area contributed by atoms with Crippen molar-refractivity contribution in [2.24, 2.45) is 0 Å². The molecule has 20 heavy (non-hydrogen) atoms. The van der Waals surface area contributed by atoms with Crippen molar-refractivity contribution in [1.82, 2.24) is 25.5 Å². The first kappa shape index (κ1) is 14.1. The fourth-order valence-corrected chi connectivity index (χ4v) is 1.82. The Kier molecular flexibility index (Phi) is 4.78. The Balaban J connectivity index is 2.14. The predicted molar refractivity (Wildman–Crippen MR) is 76.1 cm³/mol. The molecule has 0 bridgehead atoms. The molecule has 0 atom stereocenters. The van der Waals surface area contributed by atoms with Crippen LogP contribution < -0.4 is 10.6 Å². The lowest BCUT2D eigenvalue weighted by Gasteiger charge is -2.07. The van der Waals surface area contributed by atoms with Gasteiger partial charge < -0.3 is 10.6 Å². The molecule has 2 N–H and O–H groups in total. The molecule has 7 nitrogen and oxygen atoms in total. The average molecular weight is 274 g/mol. The van der Waals surface area contributed by atoms with Crippen molar-refractivity contribution < 1.29 is 4.79 Å². The van der Waals surface area contributed by atoms with Crippen LogP contribution in [0.2, 0.25) is 0 Å². The number of amides is 1. The number of hydrogen-bond donors (Lipinski definition) is 2. The Hall–Kier alpha value is -2.28. The molecule has 0 aliphatic heterocycles. The van der Waals surface area contributed by atoms with Gasteiger partial charge in [-0.1, -0.05) is 12.1 Å². The van der Waals surface area contributed by atoms with Gasteiger partial charge >= 0.3 is 0 Å². The Bertz CT molecular complexity index is 580. The fourth-order valence-electron chi connectivity index (χ4n) is 1.82. The van der Waals surface area contributed by atoms with Crippen LogP contribution in [0.15, 0.2) is 24.3 Å². The van der Waals surface area contributed by atoms with E-state index in [-0.39, 0.29) is 5.91 Å². The number of aromatic nitrogens is 4. The molecular weight excluding hydrogens is 256 g/mol. The monoisotopic (exact) mass is 274 g/mol. The van der Waals surface area contributed by atoms with Gasteiger partial charge in [0.1, 0.15) is 0 Å². The number of nitrogens with one attached hydrogen (secondary N) is 2. The molecule has 1 amide bonds. The molecule has 0 radical (unpaired) electrons. The first-order chi connectivity index (χ1) is 9.74. The molecule has 2 aromatic rings. The number of nitrogens with zero attached hydrogens (tertiary/aromatic N) is 4. The molecule has 1 heterocycles. The van der Waals surface area contributed by atoms with E-state index >= 15 is 0 Å². The number of aryl methyl sites for hydroxylation is 1. The minimum absolute atomic E-state index is 0.0217. The zero-order chi connectivity index (χ0) is 14.4. The quantitative estimate of drug-likeness (QED) is 0.818. The maximum atomic E-state index is 11.7. The van der Waals surface area contributed by atoms with Crippen LogP contribution in [-0.4, -0.2) is 39.7 Å². The molecule has 0 spiro atoms. The summed E-state index contributed by atoms with van der Waals surface area (Å²) < 4.78 is 1.71. The second-order valence-corrected chi connectivity index (χ2v) is 4.30. The molecule has 7 heteroatoms. The van der Waals surface area contributed by atoms with E-state index in [0.717, 1.165) is 11.3 Å². The highest BCUT2D eigenvalue weighted by atomic mass is 16.1. The summed E-state index contributed by atoms with van der Waals surface area (Å²) >= 11 is 0. The van der Waals surface area contributed by atoms with Crippen molar-refractivity contribution in [1.29, 1.82) is 0 Å². The van der Waals surface area contributed by atoms with Gasteiger partial charge in [-0.2, -0.15) is 0 Å². The average Bonchev–Trinajstić information content (AvgIpc) is 2.94. The van der Waals surface area contributed by atoms with Crippen LogP contribution in [0.4, 0.5) is 5.69 Å². The third kappa shape index (κ3) is 3.39. The van der Waals surface area contributed by atoms with Crippen LogP contribution in [0.5, 0.6) is 0 Å². The minimum atomic E-state index is -0.0217. The summed E-state index contributed by atoms with van der Waals surface area (Å²) in [6.45, 7) is 3.32. The van der Waals surface area contributed by atoms with Crippen molar-refractivity contribution in [3.8, 4) is 11.4 Å². The largest absolute Gasteiger partial charge is 0.326 e. The zero-order valence-corrected chi connectivity index (χ0v) is 11.6. The van der Waals surface area contributed by atoms with Gasteiger partial charge in [0, 0.05) is 30.8 Å². The third-order valence-corrected chi connectivity index (χ3v) is 2.84. The number of carbonyl (C=O) groups excluding carboxylic acids is 1. The van der Waals surface area contributed by atoms with E-state index in [1.807, 2.05) is 38.2 Å². The van der Waals surface area contributed by atoms with E-state index in [1.54, 1.807) is 4.68 Å². The van der Waals surface area contributed by atoms with Crippen LogP contribution in [-0.2, 0) is 11.3 Å². The third-order valence-electron chi connectivity index (χ3n) is 2.84. The van der Waals surface area contributed by atoms with E-state index in [1.165, 1.54) is 0 Å². The Morgan fingerprint density at radius 1 is 1.40 bits per heavy atom. The summed E-state index contributed by atoms with van der Waals surface area (Å²) in [6, 6.07) is 7.51. The van der Waals surface area contributed by atoms with E-state index in [0.29, 0.717) is 25.3 Å². The Morgan fingerprint density at radius 2 is 2.25 bits per heavy atom. The number of tetrazole rings is 1. The highest BCUT2D eigenvalue weighted by molar-refractivity contribution is 5.91. The SMILES string of the molecule is CCn1nnnc1-c1cccc(NC(=O)CCNC)c1. The van der Waals surface area contributed by atoms with Crippen LogP contribution in [0.25, 0.3) is 11.4 Å². The lowest BCUT2D eigenvalue weighted by Crippen LogP contribution is -2.18. The van der Waals surface area contributed by atoms with Gasteiger partial charge in [-0.3, -0.25) is 4.79 Å². The fraction of sp³-hybridized carbons (Fsp3) is 0.385. The van der Waals surface area contributed by atoms with Crippen molar-refractivity contribution in [3.05, 3.63) is 24.3 Å². The van der Waals surface area contributed by atoms with Crippen LogP contribution in [0, 0.1) is 0 Å². The second-order valence-electron chi connectivity index (χ2n) is 4.30. The topological polar surface area (TPSA) is 84.7 Å². The van der Waals surface area contributed by atoms with Gasteiger partial charge in [-0.15, -0.1) is 5.10 Å². The number of carbonyl (C=O) groups is 1. The van der Waals surface area contributed by atoms with Crippen LogP contribution >= 0.6 is 0 Å². The maximum Gasteiger partial charge on any atom is 0.225 e. The molecule has 106 valence electrons. The molecule has 0 saturated heterocycles. The molecule has 1 aromatic heterocycles. The molecule has 1 aromatic carbocycles. The minimum Gasteiger partial charge on any atom is -0.326 e. The van der Waals surface area contributed by atoms with E-state index in [4.69, 9.17) is 0 Å². The lowest BCUT2D eigenvalue weighted by molar-refractivity contribution is -0.116. The van der Waals surface area contributed by atoms with Gasteiger partial charge in [-0.05, 0) is 36.5 Å². The van der Waals surface area contributed by atoms with Gasteiger partial charge in [0.25, 0.3) is 0 Å². The summed E-state index contributed by atoms with van der Waals surface area (Å²) in [5.41, 5.74) is 1.62. The molecule has 0 unspecified atom stereocenters. The molecule has 2 rings (SSSR count). The van der Waals surface area contributed by atoms with Crippen LogP contribution in [0.3, 0.4) is 0 Å². The van der Waals surface area contributed by atoms with Gasteiger partial charge in [0.15, 0.2) is 5.82 Å². The standard InChI is InChI=1S/C13H18N6O/c1-3-19-13(16-17-18-19)10-5-4-6-11(9-10)15-12(20)7-8-14-2/h4-6,9,14H,3,7-8H2,1-2H3,(H,15,20). The van der Waals surface area contributed by atoms with Crippen molar-refractivity contribution in [3.63, 3.8) is 0 Å². The van der Waals surface area contributed by atoms with E-state index < -0.39 is 0 Å². The summed E-state index contributed by atoms with van der Waals surface area (Å²) in [6.07, 6.45) is 0.438. The number of anilines is 1. The van der Waals surface area contributed by atoms with Gasteiger partial charge in [0.05, 0.1) is 0 Å². The summed E-state index contributed by atoms with van der Waals surface area (Å²) in [5, 5.41) is 17.4. The number of hydrogen-bond acceptors (Lipinski definition) is 5. The summed E-state index contributed by atoms with van der Waals surface area (Å²) in [7, 11) is 1.82. The predicted octanol–water partition coefficient (Wildman–Crippen LogP) is 0.908. The Morgan fingerprint density at radius 3 is 3.00 bits per heavy atom. The molecule has 0 saturated carbocycles. The molecule has 0 aliphatic carbocycles. The van der Waals surface area contributed by atoms with Crippen LogP contribution in [0.1, 0.15) is 13.3 Å². The van der Waals surface area contributed by atoms with Crippen molar-refractivity contribution in [2.45, 2.75) is 19.9 Å². The van der Waals surface area contributed by atoms with E-state index in [9.17, 15) is 4.79 Å². The number of rotatable bonds is 6. The first-order valence-electron chi connectivity index (χ1n) is 6.55. The van der Waals surface area contributed by atoms with Crippen molar-refractivity contribution >= 4 is 11.6 Å². The highest BCUT2D eigenvalue weighted by Gasteiger charge is 2.09. The summed E-state index contributed by atoms with van der Waals surface area (Å²) in [4.78, 5) is 11.7. The number of benzene rings is 1. The summed E-state index contributed by atoms with van der Waals surface area (Å²) in [5.74, 6) is 0.672. The van der Waals surface area contributed by atoms with E-state index in [2.05, 4.69) is 26.2 Å². The van der Waals surface area contributed by atoms with Crippen molar-refractivity contribution in [2.75, 3.05) is 18.9 Å².